The van der Waals surface area contributed by atoms with Crippen molar-refractivity contribution in [1.82, 2.24) is 9.88 Å². The van der Waals surface area contributed by atoms with Gasteiger partial charge in [0.2, 0.25) is 5.91 Å². The SMILES string of the molecule is COc1ccc(C2(/C=C\c3ccccc3)CCN(Cc3ccc(NC(C)=O)cc3)CC2)nc1. The van der Waals surface area contributed by atoms with E-state index in [0.717, 1.165) is 49.6 Å². The number of rotatable bonds is 7. The number of methoxy groups -OCH3 is 1. The van der Waals surface area contributed by atoms with Gasteiger partial charge in [-0.2, -0.15) is 0 Å². The number of hydrogen-bond acceptors (Lipinski definition) is 4. The average molecular weight is 442 g/mol. The number of anilines is 1. The van der Waals surface area contributed by atoms with E-state index in [4.69, 9.17) is 9.72 Å². The minimum absolute atomic E-state index is 0.0502. The van der Waals surface area contributed by atoms with E-state index in [1.165, 1.54) is 18.1 Å². The van der Waals surface area contributed by atoms with Gasteiger partial charge in [-0.05, 0) is 61.3 Å². The predicted octanol–water partition coefficient (Wildman–Crippen LogP) is 5.30. The fraction of sp³-hybridized carbons (Fsp3) is 0.286. The van der Waals surface area contributed by atoms with Gasteiger partial charge in [0.15, 0.2) is 0 Å². The number of nitrogens with one attached hydrogen (secondary N) is 1. The third kappa shape index (κ3) is 5.88. The van der Waals surface area contributed by atoms with Gasteiger partial charge in [0.1, 0.15) is 5.75 Å². The molecule has 4 rings (SSSR count). The lowest BCUT2D eigenvalue weighted by Crippen LogP contribution is -2.41. The summed E-state index contributed by atoms with van der Waals surface area (Å²) in [5, 5.41) is 2.82. The van der Waals surface area contributed by atoms with Gasteiger partial charge in [0.25, 0.3) is 0 Å². The highest BCUT2D eigenvalue weighted by atomic mass is 16.5. The first-order chi connectivity index (χ1) is 16.1. The maximum atomic E-state index is 11.2. The molecule has 1 aliphatic heterocycles. The van der Waals surface area contributed by atoms with Crippen LogP contribution in [0.25, 0.3) is 6.08 Å². The molecule has 0 bridgehead atoms. The largest absolute Gasteiger partial charge is 0.495 e. The third-order valence-electron chi connectivity index (χ3n) is 6.31. The van der Waals surface area contributed by atoms with Gasteiger partial charge >= 0.3 is 0 Å². The molecule has 1 aliphatic rings. The maximum absolute atomic E-state index is 11.2. The smallest absolute Gasteiger partial charge is 0.221 e. The number of pyridine rings is 1. The summed E-state index contributed by atoms with van der Waals surface area (Å²) in [5.74, 6) is 0.729. The maximum Gasteiger partial charge on any atom is 0.221 e. The summed E-state index contributed by atoms with van der Waals surface area (Å²) in [7, 11) is 1.67. The predicted molar refractivity (Wildman–Crippen MR) is 133 cm³/mol. The molecule has 33 heavy (non-hydrogen) atoms. The Bertz CT molecular complexity index is 1070. The number of carbonyl (C=O) groups excluding carboxylic acids is 1. The monoisotopic (exact) mass is 441 g/mol. The number of likely N-dealkylation sites (tertiary alicyclic amines) is 1. The summed E-state index contributed by atoms with van der Waals surface area (Å²) < 4.78 is 5.32. The van der Waals surface area contributed by atoms with Crippen LogP contribution in [0.4, 0.5) is 5.69 Å². The Labute approximate surface area is 196 Å². The number of piperidine rings is 1. The summed E-state index contributed by atoms with van der Waals surface area (Å²) >= 11 is 0. The normalized spacial score (nSPS) is 15.9. The van der Waals surface area contributed by atoms with E-state index in [1.54, 1.807) is 7.11 Å². The summed E-state index contributed by atoms with van der Waals surface area (Å²) in [6.07, 6.45) is 8.38. The first-order valence-electron chi connectivity index (χ1n) is 11.4. The van der Waals surface area contributed by atoms with Crippen molar-refractivity contribution in [3.63, 3.8) is 0 Å². The number of carbonyl (C=O) groups is 1. The van der Waals surface area contributed by atoms with Crippen LogP contribution < -0.4 is 10.1 Å². The zero-order valence-corrected chi connectivity index (χ0v) is 19.3. The summed E-state index contributed by atoms with van der Waals surface area (Å²) in [6.45, 7) is 4.40. The van der Waals surface area contributed by atoms with Crippen molar-refractivity contribution in [3.8, 4) is 5.75 Å². The van der Waals surface area contributed by atoms with E-state index < -0.39 is 0 Å². The lowest BCUT2D eigenvalue weighted by Gasteiger charge is -2.40. The van der Waals surface area contributed by atoms with Crippen molar-refractivity contribution in [3.05, 3.63) is 95.8 Å². The molecular formula is C28H31N3O2. The molecule has 2 aromatic carbocycles. The summed E-state index contributed by atoms with van der Waals surface area (Å²) in [4.78, 5) is 18.5. The Kier molecular flexibility index (Phi) is 7.20. The van der Waals surface area contributed by atoms with E-state index in [0.29, 0.717) is 0 Å². The van der Waals surface area contributed by atoms with Crippen molar-refractivity contribution in [2.75, 3.05) is 25.5 Å². The topological polar surface area (TPSA) is 54.5 Å². The van der Waals surface area contributed by atoms with Crippen LogP contribution in [0.1, 0.15) is 36.6 Å². The molecule has 170 valence electrons. The quantitative estimate of drug-likeness (QED) is 0.541. The van der Waals surface area contributed by atoms with Gasteiger partial charge in [-0.3, -0.25) is 14.7 Å². The molecular weight excluding hydrogens is 410 g/mol. The van der Waals surface area contributed by atoms with Crippen LogP contribution in [0.5, 0.6) is 5.75 Å². The van der Waals surface area contributed by atoms with Crippen molar-refractivity contribution in [1.29, 1.82) is 0 Å². The molecule has 1 fully saturated rings. The molecule has 0 saturated carbocycles. The molecule has 0 atom stereocenters. The van der Waals surface area contributed by atoms with E-state index in [2.05, 4.69) is 64.8 Å². The van der Waals surface area contributed by atoms with Gasteiger partial charge in [0, 0.05) is 24.6 Å². The molecule has 5 nitrogen and oxygen atoms in total. The highest BCUT2D eigenvalue weighted by Gasteiger charge is 2.35. The first-order valence-corrected chi connectivity index (χ1v) is 11.4. The van der Waals surface area contributed by atoms with Crippen molar-refractivity contribution in [2.24, 2.45) is 0 Å². The number of aromatic nitrogens is 1. The van der Waals surface area contributed by atoms with E-state index in [9.17, 15) is 4.79 Å². The molecule has 0 unspecified atom stereocenters. The molecule has 1 amide bonds. The van der Waals surface area contributed by atoms with Gasteiger partial charge < -0.3 is 10.1 Å². The van der Waals surface area contributed by atoms with Crippen LogP contribution in [0.2, 0.25) is 0 Å². The summed E-state index contributed by atoms with van der Waals surface area (Å²) in [5.41, 5.74) is 4.27. The lowest BCUT2D eigenvalue weighted by atomic mass is 9.74. The number of benzene rings is 2. The van der Waals surface area contributed by atoms with Crippen LogP contribution in [0.15, 0.2) is 79.0 Å². The second-order valence-corrected chi connectivity index (χ2v) is 8.64. The average Bonchev–Trinajstić information content (AvgIpc) is 2.85. The molecule has 1 N–H and O–H groups in total. The number of hydrogen-bond donors (Lipinski definition) is 1. The molecule has 1 aromatic heterocycles. The highest BCUT2D eigenvalue weighted by molar-refractivity contribution is 5.88. The Hall–Kier alpha value is -3.44. The van der Waals surface area contributed by atoms with Crippen LogP contribution in [-0.4, -0.2) is 36.0 Å². The molecule has 1 saturated heterocycles. The second-order valence-electron chi connectivity index (χ2n) is 8.64. The first kappa shape index (κ1) is 22.7. The summed E-state index contributed by atoms with van der Waals surface area (Å²) in [6, 6.07) is 22.7. The number of allylic oxidation sites excluding steroid dienone is 1. The second kappa shape index (κ2) is 10.5. The van der Waals surface area contributed by atoms with Crippen molar-refractivity contribution >= 4 is 17.7 Å². The Morgan fingerprint density at radius 3 is 2.39 bits per heavy atom. The van der Waals surface area contributed by atoms with Gasteiger partial charge in [-0.25, -0.2) is 0 Å². The zero-order valence-electron chi connectivity index (χ0n) is 19.3. The van der Waals surface area contributed by atoms with E-state index >= 15 is 0 Å². The molecule has 5 heteroatoms. The van der Waals surface area contributed by atoms with E-state index in [-0.39, 0.29) is 11.3 Å². The van der Waals surface area contributed by atoms with E-state index in [1.807, 2.05) is 30.5 Å². The highest BCUT2D eigenvalue weighted by Crippen LogP contribution is 2.37. The molecule has 0 spiro atoms. The standard InChI is InChI=1S/C28H31N3O2/c1-22(32)30-25-10-8-24(9-11-25)21-31-18-16-28(17-19-31,15-14-23-6-4-3-5-7-23)27-13-12-26(33-2)20-29-27/h3-15,20H,16-19,21H2,1-2H3,(H,30,32)/b15-14-. The van der Waals surface area contributed by atoms with Gasteiger partial charge in [-0.1, -0.05) is 54.6 Å². The van der Waals surface area contributed by atoms with Crippen LogP contribution in [0, 0.1) is 0 Å². The zero-order chi connectivity index (χ0) is 23.1. The van der Waals surface area contributed by atoms with Crippen LogP contribution in [-0.2, 0) is 16.8 Å². The molecule has 0 radical (unpaired) electrons. The number of ether oxygens (including phenoxy) is 1. The van der Waals surface area contributed by atoms with Crippen molar-refractivity contribution in [2.45, 2.75) is 31.7 Å². The Morgan fingerprint density at radius 2 is 1.79 bits per heavy atom. The lowest BCUT2D eigenvalue weighted by molar-refractivity contribution is -0.114. The number of amides is 1. The van der Waals surface area contributed by atoms with Crippen molar-refractivity contribution < 1.29 is 9.53 Å². The van der Waals surface area contributed by atoms with Crippen LogP contribution in [0.3, 0.4) is 0 Å². The third-order valence-corrected chi connectivity index (χ3v) is 6.31. The minimum atomic E-state index is -0.103. The van der Waals surface area contributed by atoms with Gasteiger partial charge in [-0.15, -0.1) is 0 Å². The Balaban J connectivity index is 1.48. The number of nitrogens with zero attached hydrogens (tertiary/aromatic N) is 2. The Morgan fingerprint density at radius 1 is 1.06 bits per heavy atom. The molecule has 0 aliphatic carbocycles. The fourth-order valence-corrected chi connectivity index (χ4v) is 4.39. The fourth-order valence-electron chi connectivity index (χ4n) is 4.39. The minimum Gasteiger partial charge on any atom is -0.495 e. The van der Waals surface area contributed by atoms with Gasteiger partial charge in [0.05, 0.1) is 19.0 Å². The van der Waals surface area contributed by atoms with Crippen LogP contribution >= 0.6 is 0 Å². The molecule has 3 aromatic rings. The molecule has 2 heterocycles.